The Labute approximate surface area is 217 Å². The molecule has 0 saturated heterocycles. The van der Waals surface area contributed by atoms with Gasteiger partial charge < -0.3 is 4.90 Å². The van der Waals surface area contributed by atoms with E-state index in [9.17, 15) is 0 Å². The summed E-state index contributed by atoms with van der Waals surface area (Å²) in [6.45, 7) is 5.26. The topological polar surface area (TPSA) is 7.12 Å². The first kappa shape index (κ1) is 22.5. The van der Waals surface area contributed by atoms with E-state index in [4.69, 9.17) is 0 Å². The number of rotatable bonds is 4. The zero-order valence-corrected chi connectivity index (χ0v) is 21.7. The molecule has 0 amide bonds. The summed E-state index contributed by atoms with van der Waals surface area (Å²) in [7, 11) is 2.17. The zero-order chi connectivity index (χ0) is 24.6. The van der Waals surface area contributed by atoms with Crippen LogP contribution < -0.4 is 9.47 Å². The molecule has 3 heteroatoms. The van der Waals surface area contributed by atoms with Crippen molar-refractivity contribution in [3.8, 4) is 11.1 Å². The predicted octanol–water partition coefficient (Wildman–Crippen LogP) is 8.08. The summed E-state index contributed by atoms with van der Waals surface area (Å²) in [5.74, 6) is 0. The van der Waals surface area contributed by atoms with Crippen molar-refractivity contribution in [2.45, 2.75) is 20.4 Å². The maximum Gasteiger partial charge on any atom is 0.263 e. The minimum atomic E-state index is 0.861. The van der Waals surface area contributed by atoms with Crippen LogP contribution in [0.4, 0.5) is 5.69 Å². The molecule has 0 spiro atoms. The third-order valence-corrected chi connectivity index (χ3v) is 8.22. The molecular weight excluding hydrogens is 456 g/mol. The summed E-state index contributed by atoms with van der Waals surface area (Å²) in [4.78, 5) is 2.34. The lowest BCUT2D eigenvalue weighted by molar-refractivity contribution is -0.642. The Bertz CT molecular complexity index is 1620. The third kappa shape index (κ3) is 4.06. The van der Waals surface area contributed by atoms with Crippen LogP contribution in [0.2, 0.25) is 0 Å². The Morgan fingerprint density at radius 3 is 2.39 bits per heavy atom. The molecule has 0 fully saturated rings. The van der Waals surface area contributed by atoms with E-state index in [1.807, 2.05) is 11.3 Å². The average molecular weight is 486 g/mol. The lowest BCUT2D eigenvalue weighted by Gasteiger charge is -2.27. The minimum Gasteiger partial charge on any atom is -0.343 e. The molecule has 1 aliphatic heterocycles. The lowest BCUT2D eigenvalue weighted by Crippen LogP contribution is -2.29. The molecule has 1 aliphatic rings. The number of para-hydroxylation sites is 1. The van der Waals surface area contributed by atoms with Crippen LogP contribution in [-0.4, -0.2) is 0 Å². The van der Waals surface area contributed by atoms with Crippen LogP contribution in [0.25, 0.3) is 33.0 Å². The van der Waals surface area contributed by atoms with E-state index in [0.29, 0.717) is 0 Å². The second kappa shape index (κ2) is 9.25. The van der Waals surface area contributed by atoms with Gasteiger partial charge in [0.1, 0.15) is 11.7 Å². The molecule has 5 aromatic rings. The standard InChI is InChI=1S/C33H29N2S/c1-23-10-9-11-24(2)33(23)27-16-17-30-31(20-27)36-32(34(30)3)21-26-18-19-35(22-25-12-5-4-6-13-25)29-15-8-7-14-28(26)29/h4-21H,22H2,1-3H3/q+1. The van der Waals surface area contributed by atoms with Gasteiger partial charge in [0.2, 0.25) is 5.52 Å². The third-order valence-electron chi connectivity index (χ3n) is 7.07. The van der Waals surface area contributed by atoms with Gasteiger partial charge in [-0.1, -0.05) is 78.1 Å². The summed E-state index contributed by atoms with van der Waals surface area (Å²) in [6, 6.07) is 32.8. The van der Waals surface area contributed by atoms with Crippen LogP contribution in [0.15, 0.2) is 103 Å². The number of hydrogen-bond acceptors (Lipinski definition) is 2. The van der Waals surface area contributed by atoms with Gasteiger partial charge in [-0.3, -0.25) is 0 Å². The molecule has 2 nitrogen and oxygen atoms in total. The van der Waals surface area contributed by atoms with E-state index < -0.39 is 0 Å². The van der Waals surface area contributed by atoms with Crippen LogP contribution in [0, 0.1) is 13.8 Å². The van der Waals surface area contributed by atoms with Crippen molar-refractivity contribution >= 4 is 38.9 Å². The maximum absolute atomic E-state index is 2.35. The van der Waals surface area contributed by atoms with Crippen LogP contribution in [-0.2, 0) is 13.6 Å². The van der Waals surface area contributed by atoms with Crippen molar-refractivity contribution in [2.24, 2.45) is 7.05 Å². The van der Waals surface area contributed by atoms with E-state index >= 15 is 0 Å². The predicted molar refractivity (Wildman–Crippen MR) is 154 cm³/mol. The number of hydrogen-bond donors (Lipinski definition) is 0. The molecule has 0 bridgehead atoms. The van der Waals surface area contributed by atoms with Crippen LogP contribution in [0.5, 0.6) is 0 Å². The fraction of sp³-hybridized carbons (Fsp3) is 0.121. The number of benzene rings is 4. The van der Waals surface area contributed by atoms with E-state index in [0.717, 1.165) is 6.54 Å². The molecular formula is C33H29N2S+. The first-order valence-electron chi connectivity index (χ1n) is 12.4. The fourth-order valence-corrected chi connectivity index (χ4v) is 6.35. The number of fused-ring (bicyclic) bond motifs is 2. The van der Waals surface area contributed by atoms with E-state index in [2.05, 4.69) is 140 Å². The highest BCUT2D eigenvalue weighted by Crippen LogP contribution is 2.36. The Hall–Kier alpha value is -3.95. The first-order valence-corrected chi connectivity index (χ1v) is 13.2. The first-order chi connectivity index (χ1) is 17.6. The smallest absolute Gasteiger partial charge is 0.263 e. The number of aryl methyl sites for hydroxylation is 3. The summed E-state index contributed by atoms with van der Waals surface area (Å²) in [5, 5.41) is 1.25. The van der Waals surface area contributed by atoms with Crippen molar-refractivity contribution in [2.75, 3.05) is 4.90 Å². The number of allylic oxidation sites excluding steroid dienone is 2. The zero-order valence-electron chi connectivity index (χ0n) is 20.9. The normalized spacial score (nSPS) is 14.0. The quantitative estimate of drug-likeness (QED) is 0.233. The molecule has 2 heterocycles. The van der Waals surface area contributed by atoms with Crippen LogP contribution in [0.1, 0.15) is 27.3 Å². The molecule has 0 atom stereocenters. The monoisotopic (exact) mass is 485 g/mol. The van der Waals surface area contributed by atoms with Gasteiger partial charge in [-0.25, -0.2) is 0 Å². The highest BCUT2D eigenvalue weighted by Gasteiger charge is 2.21. The van der Waals surface area contributed by atoms with Gasteiger partial charge in [-0.2, -0.15) is 4.57 Å². The van der Waals surface area contributed by atoms with Crippen molar-refractivity contribution in [1.29, 1.82) is 0 Å². The molecule has 1 aromatic heterocycles. The number of nitrogens with zero attached hydrogens (tertiary/aromatic N) is 2. The second-order valence-corrected chi connectivity index (χ2v) is 10.6. The van der Waals surface area contributed by atoms with E-state index in [1.165, 1.54) is 59.9 Å². The molecule has 36 heavy (non-hydrogen) atoms. The highest BCUT2D eigenvalue weighted by molar-refractivity contribution is 7.19. The van der Waals surface area contributed by atoms with Crippen LogP contribution >= 0.6 is 11.3 Å². The van der Waals surface area contributed by atoms with Crippen molar-refractivity contribution < 1.29 is 4.57 Å². The molecule has 0 unspecified atom stereocenters. The van der Waals surface area contributed by atoms with Gasteiger partial charge in [0.25, 0.3) is 5.01 Å². The average Bonchev–Trinajstić information content (AvgIpc) is 3.20. The molecule has 176 valence electrons. The molecule has 0 radical (unpaired) electrons. The Balaban J connectivity index is 1.39. The van der Waals surface area contributed by atoms with Gasteiger partial charge in [0.15, 0.2) is 0 Å². The molecule has 6 rings (SSSR count). The Morgan fingerprint density at radius 2 is 1.58 bits per heavy atom. The van der Waals surface area contributed by atoms with Gasteiger partial charge in [0.05, 0.1) is 0 Å². The van der Waals surface area contributed by atoms with Gasteiger partial charge in [-0.15, -0.1) is 0 Å². The summed E-state index contributed by atoms with van der Waals surface area (Å²) < 4.78 is 3.62. The van der Waals surface area contributed by atoms with Gasteiger partial charge in [0, 0.05) is 36.1 Å². The largest absolute Gasteiger partial charge is 0.343 e. The maximum atomic E-state index is 2.35. The molecule has 0 saturated carbocycles. The number of aromatic nitrogens is 1. The van der Waals surface area contributed by atoms with Crippen molar-refractivity contribution in [3.05, 3.63) is 131 Å². The number of anilines is 1. The van der Waals surface area contributed by atoms with Gasteiger partial charge >= 0.3 is 0 Å². The Morgan fingerprint density at radius 1 is 0.833 bits per heavy atom. The highest BCUT2D eigenvalue weighted by atomic mass is 32.1. The molecule has 0 aliphatic carbocycles. The lowest BCUT2D eigenvalue weighted by atomic mass is 9.96. The van der Waals surface area contributed by atoms with E-state index in [-0.39, 0.29) is 0 Å². The van der Waals surface area contributed by atoms with Gasteiger partial charge in [-0.05, 0) is 71.5 Å². The van der Waals surface area contributed by atoms with Crippen LogP contribution in [0.3, 0.4) is 0 Å². The summed E-state index contributed by atoms with van der Waals surface area (Å²) in [6.07, 6.45) is 6.80. The second-order valence-electron chi connectivity index (χ2n) is 9.49. The molecule has 4 aromatic carbocycles. The SMILES string of the molecule is Cc1cccc(C)c1-c1ccc2c(c1)sc(C=C1C=CN(Cc3ccccc3)c3ccccc31)[n+]2C. The fourth-order valence-electron chi connectivity index (χ4n) is 5.21. The summed E-state index contributed by atoms with van der Waals surface area (Å²) >= 11 is 1.86. The number of thiazole rings is 1. The van der Waals surface area contributed by atoms with Crippen molar-refractivity contribution in [3.63, 3.8) is 0 Å². The molecule has 0 N–H and O–H groups in total. The minimum absolute atomic E-state index is 0.861. The van der Waals surface area contributed by atoms with E-state index in [1.54, 1.807) is 0 Å². The Kier molecular flexibility index (Phi) is 5.79. The summed E-state index contributed by atoms with van der Waals surface area (Å²) in [5.41, 5.74) is 11.6. The van der Waals surface area contributed by atoms with Crippen molar-refractivity contribution in [1.82, 2.24) is 0 Å².